The molecule has 0 spiro atoms. The second kappa shape index (κ2) is 13.9. The molecular formula is C21H37IN4O2. The summed E-state index contributed by atoms with van der Waals surface area (Å²) in [6.45, 7) is 10.0. The molecule has 6 nitrogen and oxygen atoms in total. The van der Waals surface area contributed by atoms with Gasteiger partial charge in [-0.2, -0.15) is 0 Å². The molecule has 0 aromatic heterocycles. The van der Waals surface area contributed by atoms with Crippen LogP contribution in [-0.2, 0) is 0 Å². The largest absolute Gasteiger partial charge is 0.497 e. The monoisotopic (exact) mass is 504 g/mol. The predicted octanol–water partition coefficient (Wildman–Crippen LogP) is 3.20. The van der Waals surface area contributed by atoms with Gasteiger partial charge in [0, 0.05) is 57.6 Å². The molecule has 1 unspecified atom stereocenters. The van der Waals surface area contributed by atoms with E-state index in [1.807, 2.05) is 12.1 Å². The van der Waals surface area contributed by atoms with Crippen LogP contribution in [0, 0.1) is 5.92 Å². The zero-order valence-corrected chi connectivity index (χ0v) is 19.9. The molecule has 0 saturated carbocycles. The first-order valence-electron chi connectivity index (χ1n) is 10.2. The van der Waals surface area contributed by atoms with Crippen molar-refractivity contribution in [1.82, 2.24) is 10.2 Å². The Morgan fingerprint density at radius 3 is 2.57 bits per heavy atom. The highest BCUT2D eigenvalue weighted by atomic mass is 127. The van der Waals surface area contributed by atoms with Crippen LogP contribution in [0.4, 0.5) is 5.69 Å². The van der Waals surface area contributed by atoms with Crippen LogP contribution < -0.4 is 15.0 Å². The van der Waals surface area contributed by atoms with E-state index in [0.717, 1.165) is 70.2 Å². The maximum atomic E-state index is 9.27. The molecule has 1 fully saturated rings. The van der Waals surface area contributed by atoms with Gasteiger partial charge < -0.3 is 25.0 Å². The van der Waals surface area contributed by atoms with Gasteiger partial charge in [-0.1, -0.05) is 19.4 Å². The zero-order chi connectivity index (χ0) is 19.5. The van der Waals surface area contributed by atoms with Gasteiger partial charge >= 0.3 is 0 Å². The lowest BCUT2D eigenvalue weighted by atomic mass is 10.0. The molecular weight excluding hydrogens is 467 g/mol. The summed E-state index contributed by atoms with van der Waals surface area (Å²) >= 11 is 0. The van der Waals surface area contributed by atoms with Crippen molar-refractivity contribution in [2.24, 2.45) is 10.9 Å². The fraction of sp³-hybridized carbons (Fsp3) is 0.667. The van der Waals surface area contributed by atoms with Crippen molar-refractivity contribution in [3.63, 3.8) is 0 Å². The van der Waals surface area contributed by atoms with Crippen LogP contribution in [0.2, 0.25) is 0 Å². The van der Waals surface area contributed by atoms with Gasteiger partial charge in [0.2, 0.25) is 0 Å². The fourth-order valence-electron chi connectivity index (χ4n) is 3.54. The van der Waals surface area contributed by atoms with E-state index in [1.165, 1.54) is 5.69 Å². The average molecular weight is 504 g/mol. The van der Waals surface area contributed by atoms with Gasteiger partial charge in [-0.25, -0.2) is 0 Å². The molecule has 0 aliphatic carbocycles. The van der Waals surface area contributed by atoms with Crippen LogP contribution in [0.5, 0.6) is 5.75 Å². The quantitative estimate of drug-likeness (QED) is 0.308. The Balaban J connectivity index is 0.00000392. The van der Waals surface area contributed by atoms with Crippen LogP contribution in [-0.4, -0.2) is 69.0 Å². The molecule has 7 heteroatoms. The van der Waals surface area contributed by atoms with Gasteiger partial charge in [0.1, 0.15) is 5.75 Å². The Kier molecular flexibility index (Phi) is 12.3. The molecule has 1 atom stereocenters. The van der Waals surface area contributed by atoms with Crippen molar-refractivity contribution in [1.29, 1.82) is 0 Å². The number of hydrogen-bond acceptors (Lipinski definition) is 4. The molecule has 28 heavy (non-hydrogen) atoms. The van der Waals surface area contributed by atoms with Crippen molar-refractivity contribution < 1.29 is 9.84 Å². The molecule has 0 radical (unpaired) electrons. The van der Waals surface area contributed by atoms with Crippen LogP contribution in [0.3, 0.4) is 0 Å². The van der Waals surface area contributed by atoms with E-state index in [-0.39, 0.29) is 30.6 Å². The minimum Gasteiger partial charge on any atom is -0.497 e. The SMILES string of the molecule is CCCC(CCO)CN=C(NCC)N1CCN(c2cccc(OC)c2)CC1.I. The number of nitrogens with one attached hydrogen (secondary N) is 1. The fourth-order valence-corrected chi connectivity index (χ4v) is 3.54. The highest BCUT2D eigenvalue weighted by Gasteiger charge is 2.20. The normalized spacial score (nSPS) is 15.8. The standard InChI is InChI=1S/C21H36N4O2.HI/c1-4-7-18(10-15-26)17-23-21(22-5-2)25-13-11-24(12-14-25)19-8-6-9-20(16-19)27-3;/h6,8-9,16,18,26H,4-5,7,10-15,17H2,1-3H3,(H,22,23);1H. The number of rotatable bonds is 9. The second-order valence-corrected chi connectivity index (χ2v) is 7.04. The zero-order valence-electron chi connectivity index (χ0n) is 17.6. The van der Waals surface area contributed by atoms with E-state index < -0.39 is 0 Å². The lowest BCUT2D eigenvalue weighted by molar-refractivity contribution is 0.253. The third-order valence-corrected chi connectivity index (χ3v) is 5.07. The number of aliphatic hydroxyl groups is 1. The Morgan fingerprint density at radius 1 is 1.21 bits per heavy atom. The molecule has 0 amide bonds. The molecule has 1 heterocycles. The number of ether oxygens (including phenoxy) is 1. The molecule has 2 N–H and O–H groups in total. The van der Waals surface area contributed by atoms with E-state index in [2.05, 4.69) is 41.1 Å². The number of aliphatic hydroxyl groups excluding tert-OH is 1. The van der Waals surface area contributed by atoms with Gasteiger partial charge in [0.25, 0.3) is 0 Å². The molecule has 1 saturated heterocycles. The minimum atomic E-state index is 0. The first kappa shape index (κ1) is 24.8. The molecule has 1 aromatic rings. The summed E-state index contributed by atoms with van der Waals surface area (Å²) in [5, 5.41) is 12.7. The van der Waals surface area contributed by atoms with Gasteiger partial charge in [0.15, 0.2) is 5.96 Å². The van der Waals surface area contributed by atoms with Crippen LogP contribution >= 0.6 is 24.0 Å². The molecule has 1 aliphatic heterocycles. The van der Waals surface area contributed by atoms with E-state index in [4.69, 9.17) is 9.73 Å². The van der Waals surface area contributed by atoms with Gasteiger partial charge in [-0.05, 0) is 37.8 Å². The Morgan fingerprint density at radius 2 is 1.96 bits per heavy atom. The number of hydrogen-bond donors (Lipinski definition) is 2. The summed E-state index contributed by atoms with van der Waals surface area (Å²) in [6.07, 6.45) is 3.09. The summed E-state index contributed by atoms with van der Waals surface area (Å²) in [6, 6.07) is 8.26. The Hall–Kier alpha value is -1.22. The van der Waals surface area contributed by atoms with Gasteiger partial charge in [0.05, 0.1) is 7.11 Å². The second-order valence-electron chi connectivity index (χ2n) is 7.04. The van der Waals surface area contributed by atoms with Crippen molar-refractivity contribution in [2.75, 3.05) is 57.9 Å². The van der Waals surface area contributed by atoms with E-state index in [0.29, 0.717) is 5.92 Å². The highest BCUT2D eigenvalue weighted by molar-refractivity contribution is 14.0. The maximum Gasteiger partial charge on any atom is 0.194 e. The Bertz CT molecular complexity index is 571. The highest BCUT2D eigenvalue weighted by Crippen LogP contribution is 2.22. The van der Waals surface area contributed by atoms with E-state index in [9.17, 15) is 5.11 Å². The average Bonchev–Trinajstić information content (AvgIpc) is 2.71. The number of guanidine groups is 1. The third kappa shape index (κ3) is 7.66. The number of anilines is 1. The molecule has 0 bridgehead atoms. The number of benzene rings is 1. The van der Waals surface area contributed by atoms with Crippen molar-refractivity contribution in [3.05, 3.63) is 24.3 Å². The van der Waals surface area contributed by atoms with Crippen molar-refractivity contribution in [2.45, 2.75) is 33.1 Å². The third-order valence-electron chi connectivity index (χ3n) is 5.07. The lowest BCUT2D eigenvalue weighted by Crippen LogP contribution is -2.52. The number of halogens is 1. The molecule has 160 valence electrons. The van der Waals surface area contributed by atoms with Gasteiger partial charge in [-0.15, -0.1) is 24.0 Å². The lowest BCUT2D eigenvalue weighted by Gasteiger charge is -2.38. The van der Waals surface area contributed by atoms with Gasteiger partial charge in [-0.3, -0.25) is 4.99 Å². The van der Waals surface area contributed by atoms with Crippen molar-refractivity contribution >= 4 is 35.6 Å². The topological polar surface area (TPSA) is 60.3 Å². The number of nitrogens with zero attached hydrogens (tertiary/aromatic N) is 3. The van der Waals surface area contributed by atoms with Crippen LogP contribution in [0.1, 0.15) is 33.1 Å². The molecule has 1 aromatic carbocycles. The smallest absolute Gasteiger partial charge is 0.194 e. The number of methoxy groups -OCH3 is 1. The summed E-state index contributed by atoms with van der Waals surface area (Å²) in [4.78, 5) is 9.63. The van der Waals surface area contributed by atoms with E-state index in [1.54, 1.807) is 7.11 Å². The van der Waals surface area contributed by atoms with Crippen LogP contribution in [0.25, 0.3) is 0 Å². The molecule has 1 aliphatic rings. The number of aliphatic imine (C=N–C) groups is 1. The first-order valence-corrected chi connectivity index (χ1v) is 10.2. The summed E-state index contributed by atoms with van der Waals surface area (Å²) < 4.78 is 5.35. The number of piperazine rings is 1. The summed E-state index contributed by atoms with van der Waals surface area (Å²) in [5.41, 5.74) is 1.21. The van der Waals surface area contributed by atoms with Crippen LogP contribution in [0.15, 0.2) is 29.3 Å². The first-order chi connectivity index (χ1) is 13.2. The van der Waals surface area contributed by atoms with E-state index >= 15 is 0 Å². The predicted molar refractivity (Wildman–Crippen MR) is 128 cm³/mol. The molecule has 2 rings (SSSR count). The Labute approximate surface area is 187 Å². The maximum absolute atomic E-state index is 9.27. The minimum absolute atomic E-state index is 0. The summed E-state index contributed by atoms with van der Waals surface area (Å²) in [5.74, 6) is 2.37. The van der Waals surface area contributed by atoms with Crippen molar-refractivity contribution in [3.8, 4) is 5.75 Å². The summed E-state index contributed by atoms with van der Waals surface area (Å²) in [7, 11) is 1.71.